The Labute approximate surface area is 126 Å². The Bertz CT molecular complexity index is 579. The van der Waals surface area contributed by atoms with E-state index in [1.807, 2.05) is 6.20 Å². The first-order chi connectivity index (χ1) is 10.4. The second kappa shape index (κ2) is 6.85. The molecule has 2 heterocycles. The molecule has 1 N–H and O–H groups in total. The molecule has 0 bridgehead atoms. The standard InChI is InChI=1S/C17H24N4/c1-2-10-18-13-15-8-5-6-11-21(15)17-16-9-4-3-7-14(16)12-19-20-17/h3-4,7,9,12,15,18H,2,5-6,8,10-11,13H2,1H3. The van der Waals surface area contributed by atoms with E-state index >= 15 is 0 Å². The van der Waals surface area contributed by atoms with E-state index in [2.05, 4.69) is 51.6 Å². The number of anilines is 1. The van der Waals surface area contributed by atoms with Crippen molar-refractivity contribution in [3.05, 3.63) is 30.5 Å². The van der Waals surface area contributed by atoms with Gasteiger partial charge in [-0.3, -0.25) is 0 Å². The van der Waals surface area contributed by atoms with Crippen molar-refractivity contribution in [2.75, 3.05) is 24.5 Å². The normalized spacial score (nSPS) is 19.1. The maximum absolute atomic E-state index is 4.46. The first-order valence-electron chi connectivity index (χ1n) is 8.08. The van der Waals surface area contributed by atoms with Crippen molar-refractivity contribution in [1.82, 2.24) is 15.5 Å². The molecule has 1 fully saturated rings. The molecular formula is C17H24N4. The van der Waals surface area contributed by atoms with Crippen molar-refractivity contribution >= 4 is 16.6 Å². The summed E-state index contributed by atoms with van der Waals surface area (Å²) >= 11 is 0. The molecule has 0 amide bonds. The second-order valence-corrected chi connectivity index (χ2v) is 5.80. The molecule has 1 aliphatic heterocycles. The molecule has 0 radical (unpaired) electrons. The number of benzene rings is 1. The molecule has 1 saturated heterocycles. The van der Waals surface area contributed by atoms with Crippen molar-refractivity contribution < 1.29 is 0 Å². The fraction of sp³-hybridized carbons (Fsp3) is 0.529. The Morgan fingerprint density at radius 3 is 3.10 bits per heavy atom. The Morgan fingerprint density at radius 2 is 2.19 bits per heavy atom. The van der Waals surface area contributed by atoms with Gasteiger partial charge in [0.15, 0.2) is 5.82 Å². The lowest BCUT2D eigenvalue weighted by Gasteiger charge is -2.37. The van der Waals surface area contributed by atoms with Gasteiger partial charge in [-0.1, -0.05) is 31.2 Å². The summed E-state index contributed by atoms with van der Waals surface area (Å²) in [5.41, 5.74) is 0. The maximum atomic E-state index is 4.46. The number of piperidine rings is 1. The Hall–Kier alpha value is -1.68. The maximum Gasteiger partial charge on any atom is 0.159 e. The lowest BCUT2D eigenvalue weighted by molar-refractivity contribution is 0.433. The molecule has 4 heteroatoms. The molecule has 1 unspecified atom stereocenters. The largest absolute Gasteiger partial charge is 0.350 e. The molecule has 1 aromatic carbocycles. The van der Waals surface area contributed by atoms with Gasteiger partial charge in [-0.25, -0.2) is 0 Å². The van der Waals surface area contributed by atoms with E-state index in [0.29, 0.717) is 6.04 Å². The van der Waals surface area contributed by atoms with E-state index in [0.717, 1.165) is 25.5 Å². The minimum absolute atomic E-state index is 0.533. The predicted molar refractivity (Wildman–Crippen MR) is 87.7 cm³/mol. The van der Waals surface area contributed by atoms with Gasteiger partial charge in [0.25, 0.3) is 0 Å². The predicted octanol–water partition coefficient (Wildman–Crippen LogP) is 2.99. The summed E-state index contributed by atoms with van der Waals surface area (Å²) < 4.78 is 0. The van der Waals surface area contributed by atoms with Crippen LogP contribution in [-0.2, 0) is 0 Å². The number of nitrogens with zero attached hydrogens (tertiary/aromatic N) is 3. The van der Waals surface area contributed by atoms with E-state index < -0.39 is 0 Å². The smallest absolute Gasteiger partial charge is 0.159 e. The summed E-state index contributed by atoms with van der Waals surface area (Å²) in [6.45, 7) is 5.42. The van der Waals surface area contributed by atoms with Crippen molar-refractivity contribution in [3.8, 4) is 0 Å². The average Bonchev–Trinajstić information content (AvgIpc) is 2.55. The van der Waals surface area contributed by atoms with Gasteiger partial charge in [0.1, 0.15) is 0 Å². The molecule has 112 valence electrons. The summed E-state index contributed by atoms with van der Waals surface area (Å²) in [6.07, 6.45) is 6.83. The van der Waals surface area contributed by atoms with Crippen LogP contribution >= 0.6 is 0 Å². The first-order valence-corrected chi connectivity index (χ1v) is 8.08. The third-order valence-electron chi connectivity index (χ3n) is 4.26. The summed E-state index contributed by atoms with van der Waals surface area (Å²) in [7, 11) is 0. The lowest BCUT2D eigenvalue weighted by Crippen LogP contribution is -2.46. The van der Waals surface area contributed by atoms with Crippen LogP contribution in [0.1, 0.15) is 32.6 Å². The quantitative estimate of drug-likeness (QED) is 0.857. The highest BCUT2D eigenvalue weighted by Gasteiger charge is 2.24. The average molecular weight is 284 g/mol. The number of hydrogen-bond donors (Lipinski definition) is 1. The molecule has 2 aromatic rings. The summed E-state index contributed by atoms with van der Waals surface area (Å²) in [5.74, 6) is 1.05. The van der Waals surface area contributed by atoms with Crippen LogP contribution in [0.2, 0.25) is 0 Å². The van der Waals surface area contributed by atoms with Gasteiger partial charge in [0.05, 0.1) is 6.20 Å². The third kappa shape index (κ3) is 3.16. The minimum Gasteiger partial charge on any atom is -0.350 e. The van der Waals surface area contributed by atoms with Gasteiger partial charge in [-0.15, -0.1) is 5.10 Å². The van der Waals surface area contributed by atoms with Gasteiger partial charge in [-0.05, 0) is 32.2 Å². The van der Waals surface area contributed by atoms with Gasteiger partial charge in [0, 0.05) is 29.9 Å². The number of aromatic nitrogens is 2. The summed E-state index contributed by atoms with van der Waals surface area (Å²) in [4.78, 5) is 2.46. The van der Waals surface area contributed by atoms with Crippen LogP contribution < -0.4 is 10.2 Å². The molecule has 3 rings (SSSR count). The Morgan fingerprint density at radius 1 is 1.29 bits per heavy atom. The third-order valence-corrected chi connectivity index (χ3v) is 4.26. The monoisotopic (exact) mass is 284 g/mol. The van der Waals surface area contributed by atoms with Crippen LogP contribution in [0.5, 0.6) is 0 Å². The molecule has 21 heavy (non-hydrogen) atoms. The molecule has 4 nitrogen and oxygen atoms in total. The first kappa shape index (κ1) is 14.3. The highest BCUT2D eigenvalue weighted by Crippen LogP contribution is 2.28. The SMILES string of the molecule is CCCNCC1CCCCN1c1nncc2ccccc12. The van der Waals surface area contributed by atoms with E-state index in [-0.39, 0.29) is 0 Å². The summed E-state index contributed by atoms with van der Waals surface area (Å²) in [5, 5.41) is 14.6. The van der Waals surface area contributed by atoms with Crippen molar-refractivity contribution in [3.63, 3.8) is 0 Å². The topological polar surface area (TPSA) is 41.0 Å². The second-order valence-electron chi connectivity index (χ2n) is 5.80. The molecule has 1 aromatic heterocycles. The van der Waals surface area contributed by atoms with Crippen molar-refractivity contribution in [2.24, 2.45) is 0 Å². The van der Waals surface area contributed by atoms with Gasteiger partial charge < -0.3 is 10.2 Å². The summed E-state index contributed by atoms with van der Waals surface area (Å²) in [6, 6.07) is 8.95. The van der Waals surface area contributed by atoms with E-state index in [1.54, 1.807) is 0 Å². The molecule has 1 aliphatic rings. The molecular weight excluding hydrogens is 260 g/mol. The van der Waals surface area contributed by atoms with Crippen LogP contribution in [0.4, 0.5) is 5.82 Å². The van der Waals surface area contributed by atoms with E-state index in [4.69, 9.17) is 0 Å². The number of fused-ring (bicyclic) bond motifs is 1. The van der Waals surface area contributed by atoms with E-state index in [9.17, 15) is 0 Å². The fourth-order valence-corrected chi connectivity index (χ4v) is 3.16. The van der Waals surface area contributed by atoms with Crippen LogP contribution in [-0.4, -0.2) is 35.9 Å². The van der Waals surface area contributed by atoms with Gasteiger partial charge >= 0.3 is 0 Å². The Balaban J connectivity index is 1.87. The van der Waals surface area contributed by atoms with Crippen molar-refractivity contribution in [2.45, 2.75) is 38.6 Å². The van der Waals surface area contributed by atoms with Crippen LogP contribution in [0.25, 0.3) is 10.8 Å². The zero-order chi connectivity index (χ0) is 14.5. The molecule has 0 spiro atoms. The zero-order valence-corrected chi connectivity index (χ0v) is 12.8. The van der Waals surface area contributed by atoms with Crippen LogP contribution in [0.3, 0.4) is 0 Å². The van der Waals surface area contributed by atoms with E-state index in [1.165, 1.54) is 36.5 Å². The zero-order valence-electron chi connectivity index (χ0n) is 12.8. The minimum atomic E-state index is 0.533. The molecule has 0 saturated carbocycles. The Kier molecular flexibility index (Phi) is 4.65. The fourth-order valence-electron chi connectivity index (χ4n) is 3.16. The highest BCUT2D eigenvalue weighted by atomic mass is 15.3. The van der Waals surface area contributed by atoms with Crippen LogP contribution in [0, 0.1) is 0 Å². The number of hydrogen-bond acceptors (Lipinski definition) is 4. The van der Waals surface area contributed by atoms with Gasteiger partial charge in [0.2, 0.25) is 0 Å². The number of rotatable bonds is 5. The lowest BCUT2D eigenvalue weighted by atomic mass is 10.0. The van der Waals surface area contributed by atoms with Gasteiger partial charge in [-0.2, -0.15) is 5.10 Å². The molecule has 1 atom stereocenters. The van der Waals surface area contributed by atoms with Crippen molar-refractivity contribution in [1.29, 1.82) is 0 Å². The molecule has 0 aliphatic carbocycles. The number of nitrogens with one attached hydrogen (secondary N) is 1. The highest BCUT2D eigenvalue weighted by molar-refractivity contribution is 5.91. The van der Waals surface area contributed by atoms with Crippen LogP contribution in [0.15, 0.2) is 30.5 Å².